The lowest BCUT2D eigenvalue weighted by Gasteiger charge is -2.30. The SMILES string of the molecule is CC(C)(C)OC(=O)N[C@@H]1CCS(=O)(=O)C[C@@H]1N. The first-order valence-electron chi connectivity index (χ1n) is 5.54. The first kappa shape index (κ1) is 14.2. The fourth-order valence-corrected chi connectivity index (χ4v) is 3.25. The molecule has 1 amide bonds. The van der Waals surface area contributed by atoms with E-state index in [1.165, 1.54) is 0 Å². The molecule has 3 N–H and O–H groups in total. The number of hydrogen-bond donors (Lipinski definition) is 2. The molecule has 100 valence electrons. The van der Waals surface area contributed by atoms with E-state index in [1.807, 2.05) is 0 Å². The van der Waals surface area contributed by atoms with Crippen LogP contribution in [0.3, 0.4) is 0 Å². The van der Waals surface area contributed by atoms with Gasteiger partial charge >= 0.3 is 6.09 Å². The predicted molar refractivity (Wildman–Crippen MR) is 64.4 cm³/mol. The van der Waals surface area contributed by atoms with Gasteiger partial charge in [-0.2, -0.15) is 0 Å². The molecule has 0 saturated carbocycles. The third-order valence-electron chi connectivity index (χ3n) is 2.41. The quantitative estimate of drug-likeness (QED) is 0.696. The van der Waals surface area contributed by atoms with E-state index in [0.717, 1.165) is 0 Å². The second-order valence-electron chi connectivity index (χ2n) is 5.32. The minimum Gasteiger partial charge on any atom is -0.444 e. The lowest BCUT2D eigenvalue weighted by atomic mass is 10.1. The molecule has 1 aliphatic rings. The maximum Gasteiger partial charge on any atom is 0.407 e. The van der Waals surface area contributed by atoms with E-state index in [-0.39, 0.29) is 17.5 Å². The monoisotopic (exact) mass is 264 g/mol. The van der Waals surface area contributed by atoms with E-state index >= 15 is 0 Å². The summed E-state index contributed by atoms with van der Waals surface area (Å²) in [4.78, 5) is 11.5. The Labute approximate surface area is 102 Å². The predicted octanol–water partition coefficient (Wildman–Crippen LogP) is 0.0255. The van der Waals surface area contributed by atoms with Crippen LogP contribution in [0.4, 0.5) is 4.79 Å². The Morgan fingerprint density at radius 1 is 1.41 bits per heavy atom. The van der Waals surface area contributed by atoms with Gasteiger partial charge in [-0.3, -0.25) is 0 Å². The molecule has 0 aromatic heterocycles. The number of amides is 1. The average Bonchev–Trinajstić information content (AvgIpc) is 2.06. The first-order chi connectivity index (χ1) is 7.59. The van der Waals surface area contributed by atoms with E-state index in [4.69, 9.17) is 10.5 Å². The van der Waals surface area contributed by atoms with Gasteiger partial charge in [0, 0.05) is 12.1 Å². The Bertz CT molecular complexity index is 386. The molecule has 1 fully saturated rings. The third-order valence-corrected chi connectivity index (χ3v) is 4.16. The van der Waals surface area contributed by atoms with Gasteiger partial charge in [-0.15, -0.1) is 0 Å². The minimum atomic E-state index is -3.05. The molecule has 0 spiro atoms. The number of carbonyl (C=O) groups excluding carboxylic acids is 1. The molecule has 1 rings (SSSR count). The van der Waals surface area contributed by atoms with Crippen molar-refractivity contribution >= 4 is 15.9 Å². The van der Waals surface area contributed by atoms with Gasteiger partial charge in [-0.1, -0.05) is 0 Å². The minimum absolute atomic E-state index is 0.0567. The molecule has 0 aromatic rings. The zero-order chi connectivity index (χ0) is 13.3. The average molecular weight is 264 g/mol. The van der Waals surface area contributed by atoms with Crippen LogP contribution in [0, 0.1) is 0 Å². The summed E-state index contributed by atoms with van der Waals surface area (Å²) in [5, 5.41) is 2.61. The normalized spacial score (nSPS) is 28.5. The van der Waals surface area contributed by atoms with Gasteiger partial charge in [0.1, 0.15) is 5.60 Å². The van der Waals surface area contributed by atoms with Crippen molar-refractivity contribution in [3.05, 3.63) is 0 Å². The highest BCUT2D eigenvalue weighted by Crippen LogP contribution is 2.13. The summed E-state index contributed by atoms with van der Waals surface area (Å²) < 4.78 is 27.7. The molecule has 1 heterocycles. The Morgan fingerprint density at radius 2 is 2.00 bits per heavy atom. The number of nitrogens with two attached hydrogens (primary N) is 1. The number of nitrogens with one attached hydrogen (secondary N) is 1. The van der Waals surface area contributed by atoms with Crippen LogP contribution >= 0.6 is 0 Å². The number of hydrogen-bond acceptors (Lipinski definition) is 5. The van der Waals surface area contributed by atoms with Crippen LogP contribution < -0.4 is 11.1 Å². The van der Waals surface area contributed by atoms with Gasteiger partial charge < -0.3 is 15.8 Å². The molecule has 0 unspecified atom stereocenters. The Morgan fingerprint density at radius 3 is 2.47 bits per heavy atom. The number of alkyl carbamates (subject to hydrolysis) is 1. The lowest BCUT2D eigenvalue weighted by molar-refractivity contribution is 0.0496. The van der Waals surface area contributed by atoms with Gasteiger partial charge in [-0.05, 0) is 27.2 Å². The van der Waals surface area contributed by atoms with E-state index < -0.39 is 27.6 Å². The van der Waals surface area contributed by atoms with Gasteiger partial charge in [-0.25, -0.2) is 13.2 Å². The molecule has 7 heteroatoms. The van der Waals surface area contributed by atoms with E-state index in [2.05, 4.69) is 5.32 Å². The largest absolute Gasteiger partial charge is 0.444 e. The van der Waals surface area contributed by atoms with Gasteiger partial charge in [0.15, 0.2) is 9.84 Å². The summed E-state index contributed by atoms with van der Waals surface area (Å²) in [5.74, 6) is -0.0331. The Hall–Kier alpha value is -0.820. The van der Waals surface area contributed by atoms with Gasteiger partial charge in [0.05, 0.1) is 11.5 Å². The van der Waals surface area contributed by atoms with Crippen LogP contribution in [0.2, 0.25) is 0 Å². The lowest BCUT2D eigenvalue weighted by Crippen LogP contribution is -2.55. The second kappa shape index (κ2) is 4.81. The third kappa shape index (κ3) is 4.91. The number of sulfone groups is 1. The molecule has 1 aliphatic heterocycles. The van der Waals surface area contributed by atoms with Crippen molar-refractivity contribution in [2.45, 2.75) is 44.9 Å². The summed E-state index contributed by atoms with van der Waals surface area (Å²) in [5.41, 5.74) is 5.14. The smallest absolute Gasteiger partial charge is 0.407 e. The molecule has 0 bridgehead atoms. The van der Waals surface area contributed by atoms with Gasteiger partial charge in [0.25, 0.3) is 0 Å². The van der Waals surface area contributed by atoms with Crippen LogP contribution in [0.25, 0.3) is 0 Å². The second-order valence-corrected chi connectivity index (χ2v) is 7.55. The van der Waals surface area contributed by atoms with Crippen molar-refractivity contribution in [1.82, 2.24) is 5.32 Å². The van der Waals surface area contributed by atoms with E-state index in [0.29, 0.717) is 6.42 Å². The van der Waals surface area contributed by atoms with Crippen LogP contribution in [0.15, 0.2) is 0 Å². The van der Waals surface area contributed by atoms with E-state index in [9.17, 15) is 13.2 Å². The van der Waals surface area contributed by atoms with Crippen molar-refractivity contribution in [2.24, 2.45) is 5.73 Å². The number of rotatable bonds is 1. The molecule has 2 atom stereocenters. The molecule has 0 radical (unpaired) electrons. The first-order valence-corrected chi connectivity index (χ1v) is 7.37. The zero-order valence-corrected chi connectivity index (χ0v) is 11.2. The van der Waals surface area contributed by atoms with Crippen molar-refractivity contribution < 1.29 is 17.9 Å². The van der Waals surface area contributed by atoms with Crippen LogP contribution in [0.5, 0.6) is 0 Å². The standard InChI is InChI=1S/C10H20N2O4S/c1-10(2,3)16-9(13)12-8-4-5-17(14,15)6-7(8)11/h7-8H,4-6,11H2,1-3H3,(H,12,13)/t7-,8+/m0/s1. The van der Waals surface area contributed by atoms with Crippen LogP contribution in [-0.4, -0.2) is 43.7 Å². The molecule has 0 aliphatic carbocycles. The van der Waals surface area contributed by atoms with Crippen LogP contribution in [-0.2, 0) is 14.6 Å². The molecule has 0 aromatic carbocycles. The highest BCUT2D eigenvalue weighted by molar-refractivity contribution is 7.91. The summed E-state index contributed by atoms with van der Waals surface area (Å²) in [6.45, 7) is 5.29. The van der Waals surface area contributed by atoms with Crippen molar-refractivity contribution in [2.75, 3.05) is 11.5 Å². The number of carbonyl (C=O) groups is 1. The maximum absolute atomic E-state index is 11.5. The van der Waals surface area contributed by atoms with Gasteiger partial charge in [0.2, 0.25) is 0 Å². The summed E-state index contributed by atoms with van der Waals surface area (Å²) in [7, 11) is -3.05. The van der Waals surface area contributed by atoms with Crippen molar-refractivity contribution in [1.29, 1.82) is 0 Å². The van der Waals surface area contributed by atoms with Crippen molar-refractivity contribution in [3.63, 3.8) is 0 Å². The molecular formula is C10H20N2O4S. The topological polar surface area (TPSA) is 98.5 Å². The fraction of sp³-hybridized carbons (Fsp3) is 0.900. The molecule has 6 nitrogen and oxygen atoms in total. The summed E-state index contributed by atoms with van der Waals surface area (Å²) in [6.07, 6.45) is -0.222. The fourth-order valence-electron chi connectivity index (χ4n) is 1.65. The molecular weight excluding hydrogens is 244 g/mol. The van der Waals surface area contributed by atoms with E-state index in [1.54, 1.807) is 20.8 Å². The Kier molecular flexibility index (Phi) is 4.03. The Balaban J connectivity index is 2.51. The highest BCUT2D eigenvalue weighted by Gasteiger charge is 2.32. The molecule has 17 heavy (non-hydrogen) atoms. The molecule has 1 saturated heterocycles. The number of ether oxygens (including phenoxy) is 1. The maximum atomic E-state index is 11.5. The highest BCUT2D eigenvalue weighted by atomic mass is 32.2. The summed E-state index contributed by atoms with van der Waals surface area (Å²) >= 11 is 0. The van der Waals surface area contributed by atoms with Crippen LogP contribution in [0.1, 0.15) is 27.2 Å². The summed E-state index contributed by atoms with van der Waals surface area (Å²) in [6, 6.07) is -0.908. The van der Waals surface area contributed by atoms with Crippen molar-refractivity contribution in [3.8, 4) is 0 Å². The zero-order valence-electron chi connectivity index (χ0n) is 10.4.